The van der Waals surface area contributed by atoms with Gasteiger partial charge >= 0.3 is 0 Å². The summed E-state index contributed by atoms with van der Waals surface area (Å²) in [7, 11) is 0. The molecule has 3 fully saturated rings. The molecule has 1 amide bonds. The van der Waals surface area contributed by atoms with Gasteiger partial charge in [0.15, 0.2) is 0 Å². The first-order valence-electron chi connectivity index (χ1n) is 9.95. The number of nitrogens with zero attached hydrogens (tertiary/aromatic N) is 2. The number of hydrogen-bond acceptors (Lipinski definition) is 3. The normalized spacial score (nSPS) is 25.8. The summed E-state index contributed by atoms with van der Waals surface area (Å²) >= 11 is 0. The molecule has 0 bridgehead atoms. The van der Waals surface area contributed by atoms with Gasteiger partial charge in [-0.3, -0.25) is 4.79 Å². The van der Waals surface area contributed by atoms with E-state index in [1.165, 1.54) is 12.1 Å². The number of likely N-dealkylation sites (tertiary alicyclic amines) is 1. The van der Waals surface area contributed by atoms with Crippen LogP contribution in [0.5, 0.6) is 0 Å². The minimum atomic E-state index is -0.0107. The Labute approximate surface area is 151 Å². The fourth-order valence-electron chi connectivity index (χ4n) is 4.69. The highest BCUT2D eigenvalue weighted by atomic mass is 16.5. The van der Waals surface area contributed by atoms with Gasteiger partial charge < -0.3 is 14.5 Å². The molecule has 4 nitrogen and oxygen atoms in total. The van der Waals surface area contributed by atoms with Gasteiger partial charge in [-0.15, -0.1) is 0 Å². The standard InChI is InChI=1S/C21H30N2O2/c1-2-23(18-9-4-3-5-10-18)19-15-21(25-16-19)11-13-22(14-12-21)20(24)17-7-6-8-17/h3-5,9-10,17,19H,2,6-8,11-16H2,1H3. The van der Waals surface area contributed by atoms with Crippen LogP contribution < -0.4 is 4.90 Å². The monoisotopic (exact) mass is 342 g/mol. The molecule has 2 saturated heterocycles. The molecule has 1 spiro atoms. The number of para-hydroxylation sites is 1. The summed E-state index contributed by atoms with van der Waals surface area (Å²) in [6.45, 7) is 5.77. The van der Waals surface area contributed by atoms with Crippen LogP contribution in [0.15, 0.2) is 30.3 Å². The summed E-state index contributed by atoms with van der Waals surface area (Å²) in [5.74, 6) is 0.718. The molecule has 4 rings (SSSR count). The van der Waals surface area contributed by atoms with Crippen LogP contribution in [-0.4, -0.2) is 48.7 Å². The molecule has 0 aromatic heterocycles. The molecule has 2 aliphatic heterocycles. The Kier molecular flexibility index (Phi) is 4.72. The van der Waals surface area contributed by atoms with Crippen molar-refractivity contribution >= 4 is 11.6 Å². The number of ether oxygens (including phenoxy) is 1. The maximum atomic E-state index is 12.5. The van der Waals surface area contributed by atoms with E-state index >= 15 is 0 Å². The summed E-state index contributed by atoms with van der Waals surface area (Å²) in [6.07, 6.45) is 6.50. The predicted octanol–water partition coefficient (Wildman–Crippen LogP) is 3.46. The van der Waals surface area contributed by atoms with E-state index in [1.54, 1.807) is 0 Å². The molecular formula is C21H30N2O2. The third-order valence-electron chi connectivity index (χ3n) is 6.50. The zero-order valence-corrected chi connectivity index (χ0v) is 15.3. The number of hydrogen-bond donors (Lipinski definition) is 0. The van der Waals surface area contributed by atoms with Crippen molar-refractivity contribution in [1.82, 2.24) is 4.90 Å². The first-order chi connectivity index (χ1) is 12.2. The van der Waals surface area contributed by atoms with E-state index in [1.807, 2.05) is 0 Å². The number of rotatable bonds is 4. The van der Waals surface area contributed by atoms with Crippen molar-refractivity contribution in [3.05, 3.63) is 30.3 Å². The molecule has 1 aromatic carbocycles. The second-order valence-corrected chi connectivity index (χ2v) is 7.93. The SMILES string of the molecule is CCN(c1ccccc1)C1COC2(CCN(C(=O)C3CCC3)CC2)C1. The smallest absolute Gasteiger partial charge is 0.225 e. The third kappa shape index (κ3) is 3.29. The number of benzene rings is 1. The molecule has 25 heavy (non-hydrogen) atoms. The number of amides is 1. The molecule has 0 radical (unpaired) electrons. The molecule has 1 aliphatic carbocycles. The van der Waals surface area contributed by atoms with E-state index in [9.17, 15) is 4.79 Å². The number of anilines is 1. The second kappa shape index (κ2) is 6.99. The van der Waals surface area contributed by atoms with Crippen molar-refractivity contribution in [3.8, 4) is 0 Å². The van der Waals surface area contributed by atoms with Gasteiger partial charge in [-0.2, -0.15) is 0 Å². The first-order valence-corrected chi connectivity index (χ1v) is 9.95. The van der Waals surface area contributed by atoms with Gasteiger partial charge in [0.1, 0.15) is 0 Å². The average Bonchev–Trinajstić information content (AvgIpc) is 2.99. The van der Waals surface area contributed by atoms with Crippen LogP contribution >= 0.6 is 0 Å². The molecule has 1 unspecified atom stereocenters. The molecule has 3 aliphatic rings. The average molecular weight is 342 g/mol. The Morgan fingerprint density at radius 2 is 1.96 bits per heavy atom. The number of likely N-dealkylation sites (N-methyl/N-ethyl adjacent to an activating group) is 1. The van der Waals surface area contributed by atoms with E-state index in [0.29, 0.717) is 17.9 Å². The van der Waals surface area contributed by atoms with Crippen LogP contribution in [0.3, 0.4) is 0 Å². The Morgan fingerprint density at radius 3 is 2.56 bits per heavy atom. The lowest BCUT2D eigenvalue weighted by atomic mass is 9.82. The van der Waals surface area contributed by atoms with Gasteiger partial charge in [0.05, 0.1) is 18.2 Å². The quantitative estimate of drug-likeness (QED) is 0.840. The first kappa shape index (κ1) is 16.9. The van der Waals surface area contributed by atoms with Crippen molar-refractivity contribution in [3.63, 3.8) is 0 Å². The van der Waals surface area contributed by atoms with E-state index in [2.05, 4.69) is 47.1 Å². The minimum absolute atomic E-state index is 0.0107. The summed E-state index contributed by atoms with van der Waals surface area (Å²) in [6, 6.07) is 11.1. The van der Waals surface area contributed by atoms with E-state index < -0.39 is 0 Å². The summed E-state index contributed by atoms with van der Waals surface area (Å²) in [4.78, 5) is 17.0. The summed E-state index contributed by atoms with van der Waals surface area (Å²) in [5.41, 5.74) is 1.27. The molecule has 4 heteroatoms. The Bertz CT molecular complexity index is 591. The summed E-state index contributed by atoms with van der Waals surface area (Å²) in [5, 5.41) is 0. The van der Waals surface area contributed by atoms with Crippen LogP contribution in [0.1, 0.15) is 45.4 Å². The fourth-order valence-corrected chi connectivity index (χ4v) is 4.69. The van der Waals surface area contributed by atoms with Crippen molar-refractivity contribution in [2.75, 3.05) is 31.1 Å². The van der Waals surface area contributed by atoms with E-state index in [4.69, 9.17) is 4.74 Å². The van der Waals surface area contributed by atoms with Crippen LogP contribution in [0.4, 0.5) is 5.69 Å². The second-order valence-electron chi connectivity index (χ2n) is 7.93. The zero-order valence-electron chi connectivity index (χ0n) is 15.3. The van der Waals surface area contributed by atoms with Gasteiger partial charge in [0.2, 0.25) is 5.91 Å². The molecular weight excluding hydrogens is 312 g/mol. The van der Waals surface area contributed by atoms with Crippen molar-refractivity contribution in [2.24, 2.45) is 5.92 Å². The van der Waals surface area contributed by atoms with Crippen molar-refractivity contribution < 1.29 is 9.53 Å². The summed E-state index contributed by atoms with van der Waals surface area (Å²) < 4.78 is 6.35. The third-order valence-corrected chi connectivity index (χ3v) is 6.50. The number of piperidine rings is 1. The molecule has 1 atom stereocenters. The Morgan fingerprint density at radius 1 is 1.24 bits per heavy atom. The molecule has 1 saturated carbocycles. The van der Waals surface area contributed by atoms with Crippen LogP contribution in [-0.2, 0) is 9.53 Å². The maximum absolute atomic E-state index is 12.5. The predicted molar refractivity (Wildman–Crippen MR) is 99.7 cm³/mol. The topological polar surface area (TPSA) is 32.8 Å². The molecule has 1 aromatic rings. The van der Waals surface area contributed by atoms with Gasteiger partial charge in [0.25, 0.3) is 0 Å². The zero-order chi connectivity index (χ0) is 17.3. The highest BCUT2D eigenvalue weighted by molar-refractivity contribution is 5.79. The largest absolute Gasteiger partial charge is 0.373 e. The lowest BCUT2D eigenvalue weighted by Gasteiger charge is -2.41. The minimum Gasteiger partial charge on any atom is -0.373 e. The van der Waals surface area contributed by atoms with Crippen LogP contribution in [0.2, 0.25) is 0 Å². The molecule has 2 heterocycles. The van der Waals surface area contributed by atoms with Gasteiger partial charge in [-0.25, -0.2) is 0 Å². The van der Waals surface area contributed by atoms with Gasteiger partial charge in [0, 0.05) is 31.2 Å². The van der Waals surface area contributed by atoms with Gasteiger partial charge in [-0.05, 0) is 51.2 Å². The Hall–Kier alpha value is -1.55. The van der Waals surface area contributed by atoms with Gasteiger partial charge in [-0.1, -0.05) is 24.6 Å². The Balaban J connectivity index is 1.36. The number of carbonyl (C=O) groups is 1. The molecule has 0 N–H and O–H groups in total. The molecule has 136 valence electrons. The van der Waals surface area contributed by atoms with Crippen molar-refractivity contribution in [1.29, 1.82) is 0 Å². The highest BCUT2D eigenvalue weighted by Crippen LogP contribution is 2.39. The van der Waals surface area contributed by atoms with E-state index in [0.717, 1.165) is 58.3 Å². The highest BCUT2D eigenvalue weighted by Gasteiger charge is 2.45. The number of carbonyl (C=O) groups excluding carboxylic acids is 1. The van der Waals surface area contributed by atoms with E-state index in [-0.39, 0.29) is 5.60 Å². The lowest BCUT2D eigenvalue weighted by Crippen LogP contribution is -2.49. The van der Waals surface area contributed by atoms with Crippen molar-refractivity contribution in [2.45, 2.75) is 57.1 Å². The lowest BCUT2D eigenvalue weighted by molar-refractivity contribution is -0.142. The maximum Gasteiger partial charge on any atom is 0.225 e. The fraction of sp³-hybridized carbons (Fsp3) is 0.667. The van der Waals surface area contributed by atoms with Crippen LogP contribution in [0, 0.1) is 5.92 Å². The van der Waals surface area contributed by atoms with Crippen LogP contribution in [0.25, 0.3) is 0 Å².